The van der Waals surface area contributed by atoms with Gasteiger partial charge in [-0.05, 0) is 38.1 Å². The minimum absolute atomic E-state index is 0.320. The molecule has 104 valence electrons. The molecule has 0 atom stereocenters. The largest absolute Gasteiger partial charge is 0.325 e. The number of nitrogens with one attached hydrogen (secondary N) is 2. The van der Waals surface area contributed by atoms with Crippen molar-refractivity contribution in [1.82, 2.24) is 15.4 Å². The Balaban J connectivity index is 2.03. The Kier molecular flexibility index (Phi) is 4.62. The first-order valence-electron chi connectivity index (χ1n) is 6.28. The van der Waals surface area contributed by atoms with E-state index < -0.39 is 0 Å². The zero-order chi connectivity index (χ0) is 14.4. The molecule has 0 aliphatic carbocycles. The summed E-state index contributed by atoms with van der Waals surface area (Å²) >= 11 is 0. The molecule has 2 aromatic heterocycles. The van der Waals surface area contributed by atoms with Gasteiger partial charge >= 0.3 is 0 Å². The lowest BCUT2D eigenvalue weighted by Gasteiger charge is -2.07. The molecule has 6 heteroatoms. The number of rotatable bonds is 5. The van der Waals surface area contributed by atoms with Crippen LogP contribution >= 0.6 is 0 Å². The maximum absolute atomic E-state index is 11.6. The molecule has 2 rings (SSSR count). The Morgan fingerprint density at radius 3 is 2.75 bits per heavy atom. The van der Waals surface area contributed by atoms with Crippen LogP contribution in [0.25, 0.3) is 0 Å². The number of amides is 1. The van der Waals surface area contributed by atoms with Crippen molar-refractivity contribution in [1.29, 1.82) is 0 Å². The van der Waals surface area contributed by atoms with Crippen molar-refractivity contribution in [3.63, 3.8) is 0 Å². The molecule has 0 saturated heterocycles. The van der Waals surface area contributed by atoms with E-state index in [2.05, 4.69) is 20.8 Å². The minimum atomic E-state index is -0.320. The van der Waals surface area contributed by atoms with E-state index in [9.17, 15) is 4.79 Å². The van der Waals surface area contributed by atoms with Crippen LogP contribution in [-0.4, -0.2) is 22.5 Å². The van der Waals surface area contributed by atoms with Crippen LogP contribution in [0.1, 0.15) is 23.0 Å². The third-order valence-corrected chi connectivity index (χ3v) is 2.48. The number of hydrogen-bond acceptors (Lipinski definition) is 5. The molecule has 0 radical (unpaired) electrons. The Morgan fingerprint density at radius 1 is 1.25 bits per heavy atom. The lowest BCUT2D eigenvalue weighted by molar-refractivity contribution is 0.0364. The fourth-order valence-electron chi connectivity index (χ4n) is 1.54. The van der Waals surface area contributed by atoms with Crippen molar-refractivity contribution in [3.05, 3.63) is 47.8 Å². The highest BCUT2D eigenvalue weighted by Crippen LogP contribution is 2.12. The van der Waals surface area contributed by atoms with E-state index in [-0.39, 0.29) is 5.91 Å². The van der Waals surface area contributed by atoms with E-state index in [4.69, 9.17) is 4.84 Å². The van der Waals surface area contributed by atoms with Gasteiger partial charge in [0, 0.05) is 11.9 Å². The maximum Gasteiger partial charge on any atom is 0.276 e. The second kappa shape index (κ2) is 6.63. The monoisotopic (exact) mass is 272 g/mol. The van der Waals surface area contributed by atoms with Gasteiger partial charge in [-0.15, -0.1) is 0 Å². The summed E-state index contributed by atoms with van der Waals surface area (Å²) in [4.78, 5) is 24.9. The van der Waals surface area contributed by atoms with Crippen molar-refractivity contribution < 1.29 is 9.63 Å². The van der Waals surface area contributed by atoms with Crippen molar-refractivity contribution in [2.24, 2.45) is 0 Å². The standard InChI is InChI=1S/C14H16N4O2/c1-3-20-18-14(19)11-7-8-12(15-9-11)17-13-6-4-5-10(2)16-13/h4-9H,3H2,1-2H3,(H,18,19)(H,15,16,17). The molecular formula is C14H16N4O2. The van der Waals surface area contributed by atoms with Crippen molar-refractivity contribution >= 4 is 17.5 Å². The minimum Gasteiger partial charge on any atom is -0.325 e. The van der Waals surface area contributed by atoms with Gasteiger partial charge < -0.3 is 5.32 Å². The van der Waals surface area contributed by atoms with Gasteiger partial charge in [-0.3, -0.25) is 9.63 Å². The lowest BCUT2D eigenvalue weighted by Crippen LogP contribution is -2.23. The van der Waals surface area contributed by atoms with Crippen molar-refractivity contribution in [2.45, 2.75) is 13.8 Å². The highest BCUT2D eigenvalue weighted by molar-refractivity contribution is 5.93. The number of nitrogens with zero attached hydrogens (tertiary/aromatic N) is 2. The molecule has 0 fully saturated rings. The lowest BCUT2D eigenvalue weighted by atomic mass is 10.3. The van der Waals surface area contributed by atoms with Crippen LogP contribution in [0.4, 0.5) is 11.6 Å². The number of carbonyl (C=O) groups is 1. The summed E-state index contributed by atoms with van der Waals surface area (Å²) in [6.07, 6.45) is 1.48. The van der Waals surface area contributed by atoms with Gasteiger partial charge in [0.15, 0.2) is 0 Å². The molecule has 2 aromatic rings. The average molecular weight is 272 g/mol. The van der Waals surface area contributed by atoms with Gasteiger partial charge in [0.25, 0.3) is 5.91 Å². The van der Waals surface area contributed by atoms with Crippen LogP contribution in [0.5, 0.6) is 0 Å². The first-order valence-corrected chi connectivity index (χ1v) is 6.28. The first kappa shape index (κ1) is 14.0. The molecule has 0 unspecified atom stereocenters. The molecule has 1 amide bonds. The molecule has 2 heterocycles. The second-order valence-electron chi connectivity index (χ2n) is 4.09. The van der Waals surface area contributed by atoms with Gasteiger partial charge in [-0.25, -0.2) is 15.4 Å². The zero-order valence-corrected chi connectivity index (χ0v) is 11.4. The maximum atomic E-state index is 11.6. The summed E-state index contributed by atoms with van der Waals surface area (Å²) < 4.78 is 0. The number of hydroxylamine groups is 1. The predicted molar refractivity (Wildman–Crippen MR) is 75.6 cm³/mol. The number of hydrogen-bond donors (Lipinski definition) is 2. The smallest absolute Gasteiger partial charge is 0.276 e. The van der Waals surface area contributed by atoms with Crippen LogP contribution < -0.4 is 10.8 Å². The Labute approximate surface area is 117 Å². The normalized spacial score (nSPS) is 10.1. The Bertz CT molecular complexity index is 584. The average Bonchev–Trinajstić information content (AvgIpc) is 2.45. The van der Waals surface area contributed by atoms with Crippen LogP contribution in [0.2, 0.25) is 0 Å². The van der Waals surface area contributed by atoms with Gasteiger partial charge in [0.05, 0.1) is 12.2 Å². The molecule has 0 spiro atoms. The summed E-state index contributed by atoms with van der Waals surface area (Å²) in [5.41, 5.74) is 3.66. The quantitative estimate of drug-likeness (QED) is 0.816. The van der Waals surface area contributed by atoms with E-state index in [1.54, 1.807) is 19.1 Å². The van der Waals surface area contributed by atoms with Gasteiger partial charge in [-0.1, -0.05) is 6.07 Å². The van der Waals surface area contributed by atoms with E-state index in [1.165, 1.54) is 6.20 Å². The fraction of sp³-hybridized carbons (Fsp3) is 0.214. The van der Waals surface area contributed by atoms with Crippen molar-refractivity contribution in [2.75, 3.05) is 11.9 Å². The summed E-state index contributed by atoms with van der Waals surface area (Å²) in [6, 6.07) is 9.06. The van der Waals surface area contributed by atoms with Crippen molar-refractivity contribution in [3.8, 4) is 0 Å². The van der Waals surface area contributed by atoms with Crippen LogP contribution in [-0.2, 0) is 4.84 Å². The molecule has 0 aliphatic heterocycles. The number of carbonyl (C=O) groups excluding carboxylic acids is 1. The Hall–Kier alpha value is -2.47. The zero-order valence-electron chi connectivity index (χ0n) is 11.4. The number of aryl methyl sites for hydroxylation is 1. The van der Waals surface area contributed by atoms with E-state index in [0.29, 0.717) is 23.8 Å². The highest BCUT2D eigenvalue weighted by Gasteiger charge is 2.06. The van der Waals surface area contributed by atoms with Gasteiger partial charge in [-0.2, -0.15) is 0 Å². The second-order valence-corrected chi connectivity index (χ2v) is 4.09. The molecule has 0 bridgehead atoms. The SMILES string of the molecule is CCONC(=O)c1ccc(Nc2cccc(C)n2)nc1. The molecule has 0 saturated carbocycles. The molecule has 0 aromatic carbocycles. The van der Waals surface area contributed by atoms with Gasteiger partial charge in [0.2, 0.25) is 0 Å². The highest BCUT2D eigenvalue weighted by atomic mass is 16.6. The number of anilines is 2. The molecular weight excluding hydrogens is 256 g/mol. The Morgan fingerprint density at radius 2 is 2.10 bits per heavy atom. The summed E-state index contributed by atoms with van der Waals surface area (Å²) in [5, 5.41) is 3.07. The van der Waals surface area contributed by atoms with E-state index >= 15 is 0 Å². The summed E-state index contributed by atoms with van der Waals surface area (Å²) in [7, 11) is 0. The predicted octanol–water partition coefficient (Wildman–Crippen LogP) is 2.21. The first-order chi connectivity index (χ1) is 9.69. The third-order valence-electron chi connectivity index (χ3n) is 2.48. The molecule has 2 N–H and O–H groups in total. The fourth-order valence-corrected chi connectivity index (χ4v) is 1.54. The third kappa shape index (κ3) is 3.76. The van der Waals surface area contributed by atoms with Gasteiger partial charge in [0.1, 0.15) is 11.6 Å². The van der Waals surface area contributed by atoms with Crippen LogP contribution in [0.3, 0.4) is 0 Å². The number of pyridine rings is 2. The summed E-state index contributed by atoms with van der Waals surface area (Å²) in [6.45, 7) is 4.12. The van der Waals surface area contributed by atoms with E-state index in [0.717, 1.165) is 5.69 Å². The molecule has 6 nitrogen and oxygen atoms in total. The topological polar surface area (TPSA) is 76.1 Å². The molecule has 20 heavy (non-hydrogen) atoms. The number of aromatic nitrogens is 2. The summed E-state index contributed by atoms with van der Waals surface area (Å²) in [5.74, 6) is 1.01. The molecule has 0 aliphatic rings. The van der Waals surface area contributed by atoms with Crippen LogP contribution in [0.15, 0.2) is 36.5 Å². The van der Waals surface area contributed by atoms with E-state index in [1.807, 2.05) is 25.1 Å². The van der Waals surface area contributed by atoms with Crippen LogP contribution in [0, 0.1) is 6.92 Å².